The summed E-state index contributed by atoms with van der Waals surface area (Å²) in [6.45, 7) is 7.85. The Morgan fingerprint density at radius 3 is 2.72 bits per heavy atom. The predicted octanol–water partition coefficient (Wildman–Crippen LogP) is 4.44. The highest BCUT2D eigenvalue weighted by Gasteiger charge is 2.40. The second-order valence-electron chi connectivity index (χ2n) is 7.65. The molecule has 1 aliphatic heterocycles. The lowest BCUT2D eigenvalue weighted by molar-refractivity contribution is -0.118. The predicted molar refractivity (Wildman–Crippen MR) is 101 cm³/mol. The van der Waals surface area contributed by atoms with E-state index in [0.717, 1.165) is 35.5 Å². The van der Waals surface area contributed by atoms with Crippen molar-refractivity contribution >= 4 is 23.1 Å². The highest BCUT2D eigenvalue weighted by molar-refractivity contribution is 6.06. The number of nitrogens with zero attached hydrogens (tertiary/aromatic N) is 1. The summed E-state index contributed by atoms with van der Waals surface area (Å²) in [6.07, 6.45) is 6.19. The van der Waals surface area contributed by atoms with Crippen molar-refractivity contribution in [2.45, 2.75) is 53.0 Å². The largest absolute Gasteiger partial charge is 0.357 e. The van der Waals surface area contributed by atoms with E-state index in [4.69, 9.17) is 0 Å². The van der Waals surface area contributed by atoms with Gasteiger partial charge in [-0.3, -0.25) is 14.5 Å². The summed E-state index contributed by atoms with van der Waals surface area (Å²) in [7, 11) is 0. The number of amides is 1. The van der Waals surface area contributed by atoms with Crippen LogP contribution in [0.15, 0.2) is 47.7 Å². The molecule has 1 atom stereocenters. The molecular formula is C21H26N2O2. The summed E-state index contributed by atoms with van der Waals surface area (Å²) in [5, 5.41) is 3.47. The molecule has 1 aliphatic carbocycles. The number of anilines is 2. The number of benzene rings is 1. The van der Waals surface area contributed by atoms with Crippen LogP contribution in [-0.2, 0) is 9.59 Å². The van der Waals surface area contributed by atoms with E-state index in [1.165, 1.54) is 0 Å². The molecule has 0 spiro atoms. The first-order valence-electron chi connectivity index (χ1n) is 8.93. The molecule has 1 unspecified atom stereocenters. The zero-order chi connectivity index (χ0) is 18.2. The van der Waals surface area contributed by atoms with Gasteiger partial charge in [0.05, 0.1) is 17.4 Å². The van der Waals surface area contributed by atoms with Crippen molar-refractivity contribution in [2.75, 3.05) is 10.2 Å². The number of hydrogen-bond acceptors (Lipinski definition) is 3. The molecule has 0 radical (unpaired) electrons. The molecule has 4 heteroatoms. The lowest BCUT2D eigenvalue weighted by Gasteiger charge is -2.35. The monoisotopic (exact) mass is 338 g/mol. The second-order valence-corrected chi connectivity index (χ2v) is 7.65. The van der Waals surface area contributed by atoms with E-state index < -0.39 is 0 Å². The Morgan fingerprint density at radius 2 is 2.04 bits per heavy atom. The first-order chi connectivity index (χ1) is 11.8. The fourth-order valence-electron chi connectivity index (χ4n) is 3.83. The van der Waals surface area contributed by atoms with Crippen molar-refractivity contribution < 1.29 is 9.59 Å². The molecule has 132 valence electrons. The number of para-hydroxylation sites is 2. The van der Waals surface area contributed by atoms with Crippen LogP contribution >= 0.6 is 0 Å². The SMILES string of the molecule is CC/C=C/C1C2=C(CC(C)(C)CC2=O)Nc2ccccc2N1C(C)=O. The quantitative estimate of drug-likeness (QED) is 0.811. The normalized spacial score (nSPS) is 22.3. The number of hydrogen-bond donors (Lipinski definition) is 1. The van der Waals surface area contributed by atoms with Crippen LogP contribution in [0.2, 0.25) is 0 Å². The van der Waals surface area contributed by atoms with Gasteiger partial charge in [0.25, 0.3) is 0 Å². The molecule has 1 aromatic rings. The van der Waals surface area contributed by atoms with Crippen LogP contribution < -0.4 is 10.2 Å². The minimum absolute atomic E-state index is 0.0635. The number of carbonyl (C=O) groups is 2. The Morgan fingerprint density at radius 1 is 1.32 bits per heavy atom. The van der Waals surface area contributed by atoms with Gasteiger partial charge in [0.15, 0.2) is 5.78 Å². The highest BCUT2D eigenvalue weighted by atomic mass is 16.2. The van der Waals surface area contributed by atoms with Gasteiger partial charge in [-0.05, 0) is 30.4 Å². The number of Topliss-reactive ketones (excluding diaryl/α,β-unsaturated/α-hetero) is 1. The number of allylic oxidation sites excluding steroid dienone is 2. The molecular weight excluding hydrogens is 312 g/mol. The molecule has 0 fully saturated rings. The average molecular weight is 338 g/mol. The van der Waals surface area contributed by atoms with Gasteiger partial charge in [-0.25, -0.2) is 0 Å². The van der Waals surface area contributed by atoms with E-state index in [1.54, 1.807) is 11.8 Å². The fraction of sp³-hybridized carbons (Fsp3) is 0.429. The van der Waals surface area contributed by atoms with Crippen molar-refractivity contribution in [1.29, 1.82) is 0 Å². The van der Waals surface area contributed by atoms with Crippen LogP contribution in [0.5, 0.6) is 0 Å². The Balaban J connectivity index is 2.24. The summed E-state index contributed by atoms with van der Waals surface area (Å²) in [5.41, 5.74) is 3.30. The van der Waals surface area contributed by atoms with E-state index in [9.17, 15) is 9.59 Å². The van der Waals surface area contributed by atoms with Crippen molar-refractivity contribution in [3.63, 3.8) is 0 Å². The zero-order valence-electron chi connectivity index (χ0n) is 15.4. The molecule has 0 bridgehead atoms. The number of ketones is 1. The third kappa shape index (κ3) is 3.26. The Labute approximate surface area is 149 Å². The van der Waals surface area contributed by atoms with E-state index in [-0.39, 0.29) is 23.1 Å². The number of fused-ring (bicyclic) bond motifs is 1. The molecule has 4 nitrogen and oxygen atoms in total. The molecule has 1 N–H and O–H groups in total. The Bertz CT molecular complexity index is 774. The molecule has 0 saturated heterocycles. The van der Waals surface area contributed by atoms with Gasteiger partial charge in [-0.15, -0.1) is 0 Å². The maximum absolute atomic E-state index is 13.0. The zero-order valence-corrected chi connectivity index (χ0v) is 15.4. The van der Waals surface area contributed by atoms with Crippen molar-refractivity contribution in [1.82, 2.24) is 0 Å². The maximum atomic E-state index is 13.0. The highest BCUT2D eigenvalue weighted by Crippen LogP contribution is 2.43. The molecule has 25 heavy (non-hydrogen) atoms. The first kappa shape index (κ1) is 17.5. The summed E-state index contributed by atoms with van der Waals surface area (Å²) in [5.74, 6) is 0.0648. The minimum atomic E-state index is -0.354. The molecule has 0 saturated carbocycles. The van der Waals surface area contributed by atoms with E-state index >= 15 is 0 Å². The topological polar surface area (TPSA) is 49.4 Å². The standard InChI is InChI=1S/C21H26N2O2/c1-5-6-10-18-20-16(12-21(3,4)13-19(20)25)22-15-9-7-8-11-17(15)23(18)14(2)24/h6-11,18,22H,5,12-13H2,1-4H3/b10-6+. The summed E-state index contributed by atoms with van der Waals surface area (Å²) in [6, 6.07) is 7.42. The molecule has 1 amide bonds. The van der Waals surface area contributed by atoms with Crippen LogP contribution in [0.3, 0.4) is 0 Å². The molecule has 2 aliphatic rings. The van der Waals surface area contributed by atoms with E-state index in [2.05, 4.69) is 26.1 Å². The number of carbonyl (C=O) groups excluding carboxylic acids is 2. The summed E-state index contributed by atoms with van der Waals surface area (Å²) < 4.78 is 0. The Kier molecular flexibility index (Phi) is 4.55. The molecule has 3 rings (SSSR count). The van der Waals surface area contributed by atoms with Gasteiger partial charge in [0.1, 0.15) is 0 Å². The third-order valence-corrected chi connectivity index (χ3v) is 4.84. The van der Waals surface area contributed by atoms with Crippen LogP contribution in [0.1, 0.15) is 47.0 Å². The number of nitrogens with one attached hydrogen (secondary N) is 1. The van der Waals surface area contributed by atoms with E-state index in [0.29, 0.717) is 6.42 Å². The number of rotatable bonds is 2. The maximum Gasteiger partial charge on any atom is 0.224 e. The second kappa shape index (κ2) is 6.51. The van der Waals surface area contributed by atoms with Gasteiger partial charge in [-0.2, -0.15) is 0 Å². The van der Waals surface area contributed by atoms with Gasteiger partial charge < -0.3 is 5.32 Å². The van der Waals surface area contributed by atoms with E-state index in [1.807, 2.05) is 36.4 Å². The van der Waals surface area contributed by atoms with Crippen molar-refractivity contribution in [3.05, 3.63) is 47.7 Å². The lowest BCUT2D eigenvalue weighted by atomic mass is 9.74. The van der Waals surface area contributed by atoms with Crippen molar-refractivity contribution in [2.24, 2.45) is 5.41 Å². The molecule has 0 aromatic heterocycles. The first-order valence-corrected chi connectivity index (χ1v) is 8.93. The van der Waals surface area contributed by atoms with Crippen LogP contribution in [0.4, 0.5) is 11.4 Å². The molecule has 1 heterocycles. The van der Waals surface area contributed by atoms with Gasteiger partial charge in [0.2, 0.25) is 5.91 Å². The molecule has 1 aromatic carbocycles. The fourth-order valence-corrected chi connectivity index (χ4v) is 3.83. The van der Waals surface area contributed by atoms with Gasteiger partial charge in [-0.1, -0.05) is 45.1 Å². The van der Waals surface area contributed by atoms with Crippen LogP contribution in [0.25, 0.3) is 0 Å². The summed E-state index contributed by atoms with van der Waals surface area (Å²) in [4.78, 5) is 27.3. The minimum Gasteiger partial charge on any atom is -0.357 e. The smallest absolute Gasteiger partial charge is 0.224 e. The van der Waals surface area contributed by atoms with Gasteiger partial charge >= 0.3 is 0 Å². The average Bonchev–Trinajstić information content (AvgIpc) is 2.65. The van der Waals surface area contributed by atoms with Crippen molar-refractivity contribution in [3.8, 4) is 0 Å². The van der Waals surface area contributed by atoms with Crippen LogP contribution in [-0.4, -0.2) is 17.7 Å². The Hall–Kier alpha value is -2.36. The van der Waals surface area contributed by atoms with Gasteiger partial charge in [0, 0.05) is 24.6 Å². The lowest BCUT2D eigenvalue weighted by Crippen LogP contribution is -2.42. The van der Waals surface area contributed by atoms with Crippen LogP contribution in [0, 0.1) is 5.41 Å². The third-order valence-electron chi connectivity index (χ3n) is 4.84. The summed E-state index contributed by atoms with van der Waals surface area (Å²) >= 11 is 0.